The highest BCUT2D eigenvalue weighted by Crippen LogP contribution is 2.22. The number of aliphatic hydroxyl groups is 2. The Balaban J connectivity index is 2.35. The first-order valence-electron chi connectivity index (χ1n) is 6.88. The lowest BCUT2D eigenvalue weighted by molar-refractivity contribution is -0.704. The van der Waals surface area contributed by atoms with Gasteiger partial charge in [0.25, 0.3) is 0 Å². The molecule has 2 heterocycles. The molecule has 0 fully saturated rings. The Bertz CT molecular complexity index is 580. The standard InChI is InChI=1S/C16H22N2O2/c1-13-14(2)18(10-12-20)8-5-16(13)15-3-6-17(7-4-15)9-11-19/h3-8,19-20H,9-12H2,1-2H3/q+2. The summed E-state index contributed by atoms with van der Waals surface area (Å²) < 4.78 is 4.02. The summed E-state index contributed by atoms with van der Waals surface area (Å²) >= 11 is 0. The van der Waals surface area contributed by atoms with E-state index in [0.29, 0.717) is 13.1 Å². The molecular weight excluding hydrogens is 252 g/mol. The van der Waals surface area contributed by atoms with Crippen LogP contribution in [0.15, 0.2) is 36.8 Å². The number of rotatable bonds is 5. The van der Waals surface area contributed by atoms with Crippen molar-refractivity contribution in [3.05, 3.63) is 48.0 Å². The number of hydrogen-bond donors (Lipinski definition) is 2. The summed E-state index contributed by atoms with van der Waals surface area (Å²) in [5, 5.41) is 18.0. The Morgan fingerprint density at radius 1 is 0.900 bits per heavy atom. The molecule has 4 heteroatoms. The third kappa shape index (κ3) is 3.03. The first-order valence-corrected chi connectivity index (χ1v) is 6.88. The number of aliphatic hydroxyl groups excluding tert-OH is 2. The van der Waals surface area contributed by atoms with Crippen LogP contribution in [-0.4, -0.2) is 23.4 Å². The molecule has 0 atom stereocenters. The monoisotopic (exact) mass is 274 g/mol. The number of nitrogens with zero attached hydrogens (tertiary/aromatic N) is 2. The smallest absolute Gasteiger partial charge is 0.181 e. The van der Waals surface area contributed by atoms with Gasteiger partial charge < -0.3 is 10.2 Å². The van der Waals surface area contributed by atoms with Crippen molar-refractivity contribution in [3.63, 3.8) is 0 Å². The van der Waals surface area contributed by atoms with Crippen molar-refractivity contribution < 1.29 is 19.3 Å². The predicted octanol–water partition coefficient (Wildman–Crippen LogP) is 0.530. The molecule has 0 saturated carbocycles. The van der Waals surface area contributed by atoms with E-state index >= 15 is 0 Å². The van der Waals surface area contributed by atoms with Gasteiger partial charge in [-0.25, -0.2) is 9.13 Å². The first-order chi connectivity index (χ1) is 9.67. The summed E-state index contributed by atoms with van der Waals surface area (Å²) in [6, 6.07) is 6.21. The van der Waals surface area contributed by atoms with Gasteiger partial charge in [0, 0.05) is 30.7 Å². The van der Waals surface area contributed by atoms with Crippen molar-refractivity contribution in [2.75, 3.05) is 13.2 Å². The minimum Gasteiger partial charge on any atom is -0.390 e. The SMILES string of the molecule is Cc1c(-c2cc[n+](CCO)cc2)cc[n+](CCO)c1C. The van der Waals surface area contributed by atoms with Crippen LogP contribution in [0.25, 0.3) is 11.1 Å². The lowest BCUT2D eigenvalue weighted by Gasteiger charge is -2.08. The average Bonchev–Trinajstić information content (AvgIpc) is 2.46. The fraction of sp³-hybridized carbons (Fsp3) is 0.375. The van der Waals surface area contributed by atoms with E-state index in [0.717, 1.165) is 5.56 Å². The lowest BCUT2D eigenvalue weighted by Crippen LogP contribution is -2.39. The van der Waals surface area contributed by atoms with Crippen molar-refractivity contribution in [1.82, 2.24) is 0 Å². The van der Waals surface area contributed by atoms with E-state index in [-0.39, 0.29) is 13.2 Å². The van der Waals surface area contributed by atoms with Crippen LogP contribution in [0, 0.1) is 13.8 Å². The predicted molar refractivity (Wildman–Crippen MR) is 75.9 cm³/mol. The van der Waals surface area contributed by atoms with Gasteiger partial charge in [0.15, 0.2) is 37.4 Å². The van der Waals surface area contributed by atoms with Gasteiger partial charge in [0.2, 0.25) is 0 Å². The summed E-state index contributed by atoms with van der Waals surface area (Å²) in [5.41, 5.74) is 4.76. The second-order valence-corrected chi connectivity index (χ2v) is 4.91. The molecule has 0 aliphatic rings. The minimum absolute atomic E-state index is 0.147. The summed E-state index contributed by atoms with van der Waals surface area (Å²) in [5.74, 6) is 0. The average molecular weight is 274 g/mol. The molecule has 2 aromatic heterocycles. The van der Waals surface area contributed by atoms with E-state index < -0.39 is 0 Å². The van der Waals surface area contributed by atoms with Gasteiger partial charge in [0.1, 0.15) is 13.2 Å². The van der Waals surface area contributed by atoms with Crippen LogP contribution in [0.5, 0.6) is 0 Å². The van der Waals surface area contributed by atoms with Crippen molar-refractivity contribution in [3.8, 4) is 11.1 Å². The Kier molecular flexibility index (Phi) is 4.82. The highest BCUT2D eigenvalue weighted by atomic mass is 16.3. The van der Waals surface area contributed by atoms with Crippen LogP contribution in [0.4, 0.5) is 0 Å². The zero-order valence-electron chi connectivity index (χ0n) is 12.1. The number of pyridine rings is 2. The molecule has 106 valence electrons. The van der Waals surface area contributed by atoms with Gasteiger partial charge in [0.05, 0.1) is 0 Å². The molecule has 0 aromatic carbocycles. The van der Waals surface area contributed by atoms with Crippen molar-refractivity contribution >= 4 is 0 Å². The molecule has 4 nitrogen and oxygen atoms in total. The zero-order chi connectivity index (χ0) is 14.5. The van der Waals surface area contributed by atoms with Gasteiger partial charge in [-0.2, -0.15) is 0 Å². The van der Waals surface area contributed by atoms with Crippen LogP contribution >= 0.6 is 0 Å². The second kappa shape index (κ2) is 6.59. The molecule has 2 rings (SSSR count). The lowest BCUT2D eigenvalue weighted by atomic mass is 10.0. The largest absolute Gasteiger partial charge is 0.390 e. The van der Waals surface area contributed by atoms with Crippen molar-refractivity contribution in [1.29, 1.82) is 0 Å². The van der Waals surface area contributed by atoms with Crippen LogP contribution < -0.4 is 9.13 Å². The van der Waals surface area contributed by atoms with Gasteiger partial charge in [-0.3, -0.25) is 0 Å². The summed E-state index contributed by atoms with van der Waals surface area (Å²) in [7, 11) is 0. The number of hydrogen-bond acceptors (Lipinski definition) is 2. The van der Waals surface area contributed by atoms with E-state index in [1.807, 2.05) is 23.2 Å². The zero-order valence-corrected chi connectivity index (χ0v) is 12.1. The topological polar surface area (TPSA) is 48.2 Å². The van der Waals surface area contributed by atoms with Crippen molar-refractivity contribution in [2.45, 2.75) is 26.9 Å². The van der Waals surface area contributed by atoms with Crippen LogP contribution in [-0.2, 0) is 13.1 Å². The van der Waals surface area contributed by atoms with E-state index in [1.54, 1.807) is 0 Å². The molecule has 0 bridgehead atoms. The Hall–Kier alpha value is -1.78. The fourth-order valence-electron chi connectivity index (χ4n) is 2.38. The van der Waals surface area contributed by atoms with Gasteiger partial charge in [-0.15, -0.1) is 0 Å². The summed E-state index contributed by atoms with van der Waals surface area (Å²) in [6.45, 7) is 5.71. The number of aromatic nitrogens is 2. The molecule has 2 N–H and O–H groups in total. The van der Waals surface area contributed by atoms with E-state index in [4.69, 9.17) is 10.2 Å². The molecule has 0 aliphatic carbocycles. The molecule has 0 saturated heterocycles. The highest BCUT2D eigenvalue weighted by molar-refractivity contribution is 5.65. The maximum Gasteiger partial charge on any atom is 0.181 e. The Morgan fingerprint density at radius 3 is 2.15 bits per heavy atom. The second-order valence-electron chi connectivity index (χ2n) is 4.91. The maximum absolute atomic E-state index is 9.06. The summed E-state index contributed by atoms with van der Waals surface area (Å²) in [4.78, 5) is 0. The van der Waals surface area contributed by atoms with Crippen LogP contribution in [0.1, 0.15) is 11.3 Å². The molecule has 2 aromatic rings. The van der Waals surface area contributed by atoms with Gasteiger partial charge >= 0.3 is 0 Å². The quantitative estimate of drug-likeness (QED) is 0.781. The van der Waals surface area contributed by atoms with E-state index in [1.165, 1.54) is 16.8 Å². The normalized spacial score (nSPS) is 10.8. The third-order valence-electron chi connectivity index (χ3n) is 3.70. The van der Waals surface area contributed by atoms with E-state index in [2.05, 4.69) is 36.6 Å². The third-order valence-corrected chi connectivity index (χ3v) is 3.70. The summed E-state index contributed by atoms with van der Waals surface area (Å²) in [6.07, 6.45) is 5.98. The molecule has 0 amide bonds. The molecular formula is C16H22N2O2+2. The maximum atomic E-state index is 9.06. The molecule has 20 heavy (non-hydrogen) atoms. The molecule has 0 unspecified atom stereocenters. The van der Waals surface area contributed by atoms with Gasteiger partial charge in [-0.1, -0.05) is 0 Å². The van der Waals surface area contributed by atoms with Crippen LogP contribution in [0.2, 0.25) is 0 Å². The minimum atomic E-state index is 0.147. The molecule has 0 aliphatic heterocycles. The highest BCUT2D eigenvalue weighted by Gasteiger charge is 2.14. The first kappa shape index (κ1) is 14.6. The molecule has 0 radical (unpaired) electrons. The Labute approximate surface area is 119 Å². The van der Waals surface area contributed by atoms with Crippen LogP contribution in [0.3, 0.4) is 0 Å². The van der Waals surface area contributed by atoms with Crippen molar-refractivity contribution in [2.24, 2.45) is 0 Å². The van der Waals surface area contributed by atoms with Gasteiger partial charge in [-0.05, 0) is 18.1 Å². The van der Waals surface area contributed by atoms with E-state index in [9.17, 15) is 0 Å². The molecule has 0 spiro atoms. The Morgan fingerprint density at radius 2 is 1.55 bits per heavy atom. The fourth-order valence-corrected chi connectivity index (χ4v) is 2.38.